The van der Waals surface area contributed by atoms with Crippen molar-refractivity contribution >= 4 is 28.5 Å². The smallest absolute Gasteiger partial charge is 0.339 e. The van der Waals surface area contributed by atoms with E-state index in [-0.39, 0.29) is 5.56 Å². The molecule has 5 nitrogen and oxygen atoms in total. The Morgan fingerprint density at radius 1 is 1.47 bits per heavy atom. The second-order valence-electron chi connectivity index (χ2n) is 4.23. The number of aromatic amines is 1. The Morgan fingerprint density at radius 2 is 2.26 bits per heavy atom. The number of halogens is 1. The molecule has 0 amide bonds. The van der Waals surface area contributed by atoms with Crippen molar-refractivity contribution in [3.8, 4) is 11.4 Å². The van der Waals surface area contributed by atoms with Crippen LogP contribution in [0.1, 0.15) is 10.4 Å². The molecule has 0 aliphatic heterocycles. The molecule has 0 bridgehead atoms. The summed E-state index contributed by atoms with van der Waals surface area (Å²) >= 11 is 6.18. The van der Waals surface area contributed by atoms with Gasteiger partial charge in [-0.3, -0.25) is 5.10 Å². The predicted molar refractivity (Wildman–Crippen MR) is 72.5 cm³/mol. The third-order valence-electron chi connectivity index (χ3n) is 3.13. The predicted octanol–water partition coefficient (Wildman–Crippen LogP) is 2.92. The molecular weight excluding hydrogens is 266 g/mol. The zero-order valence-corrected chi connectivity index (χ0v) is 10.8. The summed E-state index contributed by atoms with van der Waals surface area (Å²) in [5.74, 6) is -1.01. The molecule has 19 heavy (non-hydrogen) atoms. The van der Waals surface area contributed by atoms with Crippen LogP contribution in [0.25, 0.3) is 22.3 Å². The van der Waals surface area contributed by atoms with Crippen molar-refractivity contribution in [2.45, 2.75) is 0 Å². The molecule has 0 aliphatic carbocycles. The molecule has 2 aromatic heterocycles. The lowest BCUT2D eigenvalue weighted by Crippen LogP contribution is -1.99. The molecule has 0 fully saturated rings. The van der Waals surface area contributed by atoms with Crippen molar-refractivity contribution in [2.24, 2.45) is 7.05 Å². The summed E-state index contributed by atoms with van der Waals surface area (Å²) in [5, 5.41) is 17.3. The number of H-pyrrole nitrogens is 1. The number of aryl methyl sites for hydroxylation is 1. The number of carboxylic acids is 1. The number of para-hydroxylation sites is 1. The van der Waals surface area contributed by atoms with Gasteiger partial charge >= 0.3 is 5.97 Å². The highest BCUT2D eigenvalue weighted by atomic mass is 35.5. The van der Waals surface area contributed by atoms with Gasteiger partial charge in [-0.1, -0.05) is 23.7 Å². The molecule has 2 heterocycles. The van der Waals surface area contributed by atoms with Gasteiger partial charge in [-0.25, -0.2) is 4.79 Å². The van der Waals surface area contributed by atoms with Gasteiger partial charge in [-0.05, 0) is 12.1 Å². The fourth-order valence-electron chi connectivity index (χ4n) is 2.25. The lowest BCUT2D eigenvalue weighted by atomic mass is 10.2. The van der Waals surface area contributed by atoms with Crippen molar-refractivity contribution < 1.29 is 9.90 Å². The second kappa shape index (κ2) is 4.13. The number of hydrogen-bond acceptors (Lipinski definition) is 2. The summed E-state index contributed by atoms with van der Waals surface area (Å²) in [5.41, 5.74) is 2.22. The molecule has 3 rings (SSSR count). The number of nitrogens with zero attached hydrogens (tertiary/aromatic N) is 2. The van der Waals surface area contributed by atoms with Crippen LogP contribution in [0.15, 0.2) is 30.5 Å². The highest BCUT2D eigenvalue weighted by Gasteiger charge is 2.18. The van der Waals surface area contributed by atoms with Crippen LogP contribution in [0.5, 0.6) is 0 Å². The number of benzene rings is 1. The van der Waals surface area contributed by atoms with Crippen LogP contribution in [0.4, 0.5) is 0 Å². The first-order chi connectivity index (χ1) is 9.09. The summed E-state index contributed by atoms with van der Waals surface area (Å²) in [4.78, 5) is 11.2. The van der Waals surface area contributed by atoms with Crippen molar-refractivity contribution in [2.75, 3.05) is 0 Å². The van der Waals surface area contributed by atoms with Crippen LogP contribution in [-0.4, -0.2) is 25.8 Å². The molecule has 0 aliphatic rings. The number of carbonyl (C=O) groups is 1. The number of carboxylic acid groups (broad SMARTS) is 1. The van der Waals surface area contributed by atoms with E-state index in [1.54, 1.807) is 6.07 Å². The lowest BCUT2D eigenvalue weighted by Gasteiger charge is -2.04. The molecule has 2 N–H and O–H groups in total. The molecule has 0 saturated carbocycles. The minimum Gasteiger partial charge on any atom is -0.478 e. The summed E-state index contributed by atoms with van der Waals surface area (Å²) < 4.78 is 1.86. The van der Waals surface area contributed by atoms with E-state index in [2.05, 4.69) is 10.2 Å². The number of fused-ring (bicyclic) bond motifs is 1. The van der Waals surface area contributed by atoms with E-state index in [1.807, 2.05) is 29.8 Å². The summed E-state index contributed by atoms with van der Waals surface area (Å²) in [6.45, 7) is 0. The van der Waals surface area contributed by atoms with E-state index >= 15 is 0 Å². The van der Waals surface area contributed by atoms with Gasteiger partial charge in [-0.15, -0.1) is 0 Å². The summed E-state index contributed by atoms with van der Waals surface area (Å²) in [6, 6.07) is 7.49. The van der Waals surface area contributed by atoms with Crippen LogP contribution in [-0.2, 0) is 7.05 Å². The zero-order valence-electron chi connectivity index (χ0n) is 10.0. The third-order valence-corrected chi connectivity index (χ3v) is 3.44. The Balaban J connectivity index is 2.32. The number of rotatable bonds is 2. The van der Waals surface area contributed by atoms with E-state index in [9.17, 15) is 4.79 Å². The first-order valence-electron chi connectivity index (χ1n) is 5.60. The average molecular weight is 276 g/mol. The van der Waals surface area contributed by atoms with Crippen LogP contribution in [0, 0.1) is 0 Å². The van der Waals surface area contributed by atoms with Gasteiger partial charge in [0.25, 0.3) is 0 Å². The van der Waals surface area contributed by atoms with Crippen LogP contribution in [0.2, 0.25) is 5.02 Å². The van der Waals surface area contributed by atoms with E-state index in [1.165, 1.54) is 6.20 Å². The minimum atomic E-state index is -1.01. The van der Waals surface area contributed by atoms with Gasteiger partial charge in [0.2, 0.25) is 0 Å². The fourth-order valence-corrected chi connectivity index (χ4v) is 2.56. The maximum Gasteiger partial charge on any atom is 0.339 e. The zero-order chi connectivity index (χ0) is 13.6. The Hall–Kier alpha value is -2.27. The molecular formula is C13H10ClN3O2. The average Bonchev–Trinajstić information content (AvgIpc) is 2.94. The molecule has 0 radical (unpaired) electrons. The third kappa shape index (κ3) is 1.70. The van der Waals surface area contributed by atoms with Gasteiger partial charge < -0.3 is 9.67 Å². The van der Waals surface area contributed by atoms with Crippen LogP contribution < -0.4 is 0 Å². The van der Waals surface area contributed by atoms with Gasteiger partial charge in [0.15, 0.2) is 0 Å². The summed E-state index contributed by atoms with van der Waals surface area (Å²) in [7, 11) is 1.84. The van der Waals surface area contributed by atoms with Crippen LogP contribution in [0.3, 0.4) is 0 Å². The SMILES string of the molecule is Cn1c(-c2[nH]ncc2C(=O)O)cc2cccc(Cl)c21. The summed E-state index contributed by atoms with van der Waals surface area (Å²) in [6.07, 6.45) is 1.30. The van der Waals surface area contributed by atoms with E-state index < -0.39 is 5.97 Å². The lowest BCUT2D eigenvalue weighted by molar-refractivity contribution is 0.0698. The van der Waals surface area contributed by atoms with E-state index in [4.69, 9.17) is 16.7 Å². The minimum absolute atomic E-state index is 0.141. The Bertz CT molecular complexity index is 788. The first kappa shape index (κ1) is 11.8. The number of aromatic nitrogens is 3. The fraction of sp³-hybridized carbons (Fsp3) is 0.0769. The molecule has 0 unspecified atom stereocenters. The van der Waals surface area contributed by atoms with E-state index in [0.29, 0.717) is 10.7 Å². The molecule has 96 valence electrons. The Morgan fingerprint density at radius 3 is 2.95 bits per heavy atom. The molecule has 1 aromatic carbocycles. The Kier molecular flexibility index (Phi) is 2.57. The molecule has 6 heteroatoms. The van der Waals surface area contributed by atoms with Gasteiger partial charge in [0.05, 0.1) is 28.1 Å². The molecule has 0 saturated heterocycles. The quantitative estimate of drug-likeness (QED) is 0.755. The number of aromatic carboxylic acids is 1. The highest BCUT2D eigenvalue weighted by Crippen LogP contribution is 2.31. The van der Waals surface area contributed by atoms with Crippen molar-refractivity contribution in [1.29, 1.82) is 0 Å². The molecule has 3 aromatic rings. The molecule has 0 atom stereocenters. The maximum absolute atomic E-state index is 11.2. The van der Waals surface area contributed by atoms with Crippen molar-refractivity contribution in [1.82, 2.24) is 14.8 Å². The number of nitrogens with one attached hydrogen (secondary N) is 1. The Labute approximate surface area is 113 Å². The first-order valence-corrected chi connectivity index (χ1v) is 5.98. The molecule has 0 spiro atoms. The standard InChI is InChI=1S/C13H10ClN3O2/c1-17-10(11-8(13(18)19)6-15-16-11)5-7-3-2-4-9(14)12(7)17/h2-6H,1H3,(H,15,16)(H,18,19). The van der Waals surface area contributed by atoms with Crippen LogP contribution >= 0.6 is 11.6 Å². The highest BCUT2D eigenvalue weighted by molar-refractivity contribution is 6.35. The topological polar surface area (TPSA) is 70.9 Å². The van der Waals surface area contributed by atoms with Gasteiger partial charge in [0.1, 0.15) is 5.56 Å². The maximum atomic E-state index is 11.2. The monoisotopic (exact) mass is 275 g/mol. The van der Waals surface area contributed by atoms with Gasteiger partial charge in [-0.2, -0.15) is 5.10 Å². The number of hydrogen-bond donors (Lipinski definition) is 2. The van der Waals surface area contributed by atoms with Crippen molar-refractivity contribution in [3.05, 3.63) is 41.0 Å². The normalized spacial score (nSPS) is 11.1. The van der Waals surface area contributed by atoms with E-state index in [0.717, 1.165) is 16.6 Å². The largest absolute Gasteiger partial charge is 0.478 e. The second-order valence-corrected chi connectivity index (χ2v) is 4.64. The van der Waals surface area contributed by atoms with Crippen molar-refractivity contribution in [3.63, 3.8) is 0 Å². The van der Waals surface area contributed by atoms with Gasteiger partial charge in [0, 0.05) is 12.4 Å².